The molecule has 0 bridgehead atoms. The number of carbonyl (C=O) groups is 1. The van der Waals surface area contributed by atoms with Crippen molar-refractivity contribution < 1.29 is 19.0 Å². The minimum Gasteiger partial charge on any atom is -0.493 e. The summed E-state index contributed by atoms with van der Waals surface area (Å²) in [6.45, 7) is 2.42. The number of hydrogen-bond acceptors (Lipinski definition) is 4. The van der Waals surface area contributed by atoms with Gasteiger partial charge in [0.15, 0.2) is 11.5 Å². The zero-order chi connectivity index (χ0) is 16.8. The minimum absolute atomic E-state index is 0.313. The molecule has 0 aliphatic heterocycles. The molecule has 0 N–H and O–H groups in total. The van der Waals surface area contributed by atoms with Crippen LogP contribution in [0.5, 0.6) is 11.5 Å². The number of rotatable bonds is 6. The van der Waals surface area contributed by atoms with Crippen LogP contribution in [0.25, 0.3) is 0 Å². The fourth-order valence-corrected chi connectivity index (χ4v) is 2.61. The van der Waals surface area contributed by atoms with Crippen molar-refractivity contribution in [2.45, 2.75) is 13.5 Å². The van der Waals surface area contributed by atoms with Crippen LogP contribution in [0, 0.1) is 0 Å². The van der Waals surface area contributed by atoms with Crippen LogP contribution >= 0.6 is 27.5 Å². The van der Waals surface area contributed by atoms with Gasteiger partial charge < -0.3 is 14.2 Å². The third-order valence-electron chi connectivity index (χ3n) is 3.04. The summed E-state index contributed by atoms with van der Waals surface area (Å²) < 4.78 is 16.7. The van der Waals surface area contributed by atoms with Crippen LogP contribution in [0.3, 0.4) is 0 Å². The predicted octanol–water partition coefficient (Wildman–Crippen LogP) is 4.87. The van der Waals surface area contributed by atoms with Gasteiger partial charge in [-0.1, -0.05) is 23.7 Å². The van der Waals surface area contributed by atoms with Gasteiger partial charge >= 0.3 is 5.97 Å². The molecule has 122 valence electrons. The molecule has 4 nitrogen and oxygen atoms in total. The van der Waals surface area contributed by atoms with Gasteiger partial charge in [-0.3, -0.25) is 0 Å². The molecular formula is C17H16BrClO4. The highest BCUT2D eigenvalue weighted by Gasteiger charge is 2.16. The van der Waals surface area contributed by atoms with Gasteiger partial charge in [-0.15, -0.1) is 0 Å². The minimum atomic E-state index is -0.407. The lowest BCUT2D eigenvalue weighted by Gasteiger charge is -2.14. The Morgan fingerprint density at radius 3 is 2.52 bits per heavy atom. The predicted molar refractivity (Wildman–Crippen MR) is 92.4 cm³/mol. The van der Waals surface area contributed by atoms with Crippen molar-refractivity contribution in [3.8, 4) is 11.5 Å². The van der Waals surface area contributed by atoms with E-state index in [9.17, 15) is 4.79 Å². The lowest BCUT2D eigenvalue weighted by atomic mass is 10.2. The smallest absolute Gasteiger partial charge is 0.338 e. The first-order valence-corrected chi connectivity index (χ1v) is 8.14. The lowest BCUT2D eigenvalue weighted by molar-refractivity contribution is 0.0525. The molecule has 0 amide bonds. The molecule has 0 spiro atoms. The molecule has 0 heterocycles. The van der Waals surface area contributed by atoms with Crippen LogP contribution in [-0.4, -0.2) is 19.7 Å². The highest BCUT2D eigenvalue weighted by molar-refractivity contribution is 9.10. The van der Waals surface area contributed by atoms with Gasteiger partial charge in [0, 0.05) is 5.02 Å². The second kappa shape index (κ2) is 8.22. The van der Waals surface area contributed by atoms with Gasteiger partial charge in [0.25, 0.3) is 0 Å². The fourth-order valence-electron chi connectivity index (χ4n) is 1.93. The van der Waals surface area contributed by atoms with Crippen LogP contribution < -0.4 is 9.47 Å². The van der Waals surface area contributed by atoms with E-state index in [0.29, 0.717) is 39.8 Å². The van der Waals surface area contributed by atoms with Crippen molar-refractivity contribution in [2.24, 2.45) is 0 Å². The van der Waals surface area contributed by atoms with Gasteiger partial charge in [-0.05, 0) is 52.7 Å². The first-order chi connectivity index (χ1) is 11.0. The Bertz CT molecular complexity index is 686. The number of ether oxygens (including phenoxy) is 3. The fraction of sp³-hybridized carbons (Fsp3) is 0.235. The number of halogens is 2. The summed E-state index contributed by atoms with van der Waals surface area (Å²) in [5.41, 5.74) is 1.37. The topological polar surface area (TPSA) is 44.8 Å². The van der Waals surface area contributed by atoms with Crippen molar-refractivity contribution in [3.05, 3.63) is 57.0 Å². The number of carbonyl (C=O) groups excluding carboxylic acids is 1. The Balaban J connectivity index is 2.20. The van der Waals surface area contributed by atoms with Crippen LogP contribution in [0.4, 0.5) is 0 Å². The van der Waals surface area contributed by atoms with Crippen molar-refractivity contribution in [1.82, 2.24) is 0 Å². The van der Waals surface area contributed by atoms with E-state index in [4.69, 9.17) is 25.8 Å². The summed E-state index contributed by atoms with van der Waals surface area (Å²) in [5, 5.41) is 0.673. The van der Waals surface area contributed by atoms with E-state index in [1.165, 1.54) is 7.11 Å². The molecule has 0 atom stereocenters. The molecule has 0 fully saturated rings. The summed E-state index contributed by atoms with van der Waals surface area (Å²) in [6, 6.07) is 10.6. The average Bonchev–Trinajstić information content (AvgIpc) is 2.54. The summed E-state index contributed by atoms with van der Waals surface area (Å²) >= 11 is 9.27. The molecule has 0 aromatic heterocycles. The maximum atomic E-state index is 11.8. The molecule has 0 saturated heterocycles. The first kappa shape index (κ1) is 17.6. The molecule has 0 unspecified atom stereocenters. The standard InChI is InChI=1S/C17H16BrClO4/c1-3-22-17(20)12-8-14(18)16(15(9-12)21-2)23-10-11-4-6-13(19)7-5-11/h4-9H,3,10H2,1-2H3. The number of esters is 1. The molecular weight excluding hydrogens is 384 g/mol. The second-order valence-electron chi connectivity index (χ2n) is 4.63. The summed E-state index contributed by atoms with van der Waals surface area (Å²) in [6.07, 6.45) is 0. The van der Waals surface area contributed by atoms with Crippen molar-refractivity contribution in [3.63, 3.8) is 0 Å². The van der Waals surface area contributed by atoms with E-state index >= 15 is 0 Å². The molecule has 2 rings (SSSR count). The van der Waals surface area contributed by atoms with Crippen LogP contribution in [0.2, 0.25) is 5.02 Å². The Morgan fingerprint density at radius 2 is 1.91 bits per heavy atom. The summed E-state index contributed by atoms with van der Waals surface area (Å²) in [4.78, 5) is 11.8. The second-order valence-corrected chi connectivity index (χ2v) is 5.92. The maximum absolute atomic E-state index is 11.8. The lowest BCUT2D eigenvalue weighted by Crippen LogP contribution is -2.06. The van der Waals surface area contributed by atoms with Crippen LogP contribution in [0.15, 0.2) is 40.9 Å². The van der Waals surface area contributed by atoms with Gasteiger partial charge in [-0.2, -0.15) is 0 Å². The number of benzene rings is 2. The van der Waals surface area contributed by atoms with Crippen molar-refractivity contribution >= 4 is 33.5 Å². The molecule has 2 aromatic carbocycles. The van der Waals surface area contributed by atoms with E-state index < -0.39 is 5.97 Å². The summed E-state index contributed by atoms with van der Waals surface area (Å²) in [7, 11) is 1.52. The van der Waals surface area contributed by atoms with Crippen molar-refractivity contribution in [1.29, 1.82) is 0 Å². The zero-order valence-corrected chi connectivity index (χ0v) is 15.1. The third kappa shape index (κ3) is 4.62. The highest BCUT2D eigenvalue weighted by atomic mass is 79.9. The van der Waals surface area contributed by atoms with Gasteiger partial charge in [0.1, 0.15) is 6.61 Å². The Kier molecular flexibility index (Phi) is 6.30. The van der Waals surface area contributed by atoms with Gasteiger partial charge in [0.05, 0.1) is 23.8 Å². The van der Waals surface area contributed by atoms with Gasteiger partial charge in [-0.25, -0.2) is 4.79 Å². The molecule has 0 radical (unpaired) electrons. The van der Waals surface area contributed by atoms with Crippen LogP contribution in [-0.2, 0) is 11.3 Å². The van der Waals surface area contributed by atoms with Crippen molar-refractivity contribution in [2.75, 3.05) is 13.7 Å². The Hall–Kier alpha value is -1.72. The zero-order valence-electron chi connectivity index (χ0n) is 12.8. The normalized spacial score (nSPS) is 10.3. The largest absolute Gasteiger partial charge is 0.493 e. The van der Waals surface area contributed by atoms with Gasteiger partial charge in [0.2, 0.25) is 0 Å². The van der Waals surface area contributed by atoms with E-state index in [-0.39, 0.29) is 0 Å². The maximum Gasteiger partial charge on any atom is 0.338 e. The molecule has 23 heavy (non-hydrogen) atoms. The number of hydrogen-bond donors (Lipinski definition) is 0. The molecule has 0 aliphatic carbocycles. The molecule has 0 aliphatic rings. The third-order valence-corrected chi connectivity index (χ3v) is 3.88. The Morgan fingerprint density at radius 1 is 1.22 bits per heavy atom. The van der Waals surface area contributed by atoms with Crippen LogP contribution in [0.1, 0.15) is 22.8 Å². The van der Waals surface area contributed by atoms with E-state index in [0.717, 1.165) is 5.56 Å². The number of methoxy groups -OCH3 is 1. The SMILES string of the molecule is CCOC(=O)c1cc(Br)c(OCc2ccc(Cl)cc2)c(OC)c1. The molecule has 2 aromatic rings. The first-order valence-electron chi connectivity index (χ1n) is 6.97. The Labute approximate surface area is 148 Å². The quantitative estimate of drug-likeness (QED) is 0.650. The van der Waals surface area contributed by atoms with E-state index in [2.05, 4.69) is 15.9 Å². The van der Waals surface area contributed by atoms with E-state index in [1.807, 2.05) is 12.1 Å². The summed E-state index contributed by atoms with van der Waals surface area (Å²) in [5.74, 6) is 0.572. The molecule has 6 heteroatoms. The molecule has 0 saturated carbocycles. The monoisotopic (exact) mass is 398 g/mol. The average molecular weight is 400 g/mol. The highest BCUT2D eigenvalue weighted by Crippen LogP contribution is 2.37. The van der Waals surface area contributed by atoms with E-state index in [1.54, 1.807) is 31.2 Å².